The van der Waals surface area contributed by atoms with Crippen LogP contribution in [0.5, 0.6) is 0 Å². The first-order valence-corrected chi connectivity index (χ1v) is 9.48. The van der Waals surface area contributed by atoms with Crippen LogP contribution in [0, 0.1) is 6.92 Å². The Bertz CT molecular complexity index is 836. The van der Waals surface area contributed by atoms with Crippen molar-refractivity contribution in [2.45, 2.75) is 47.0 Å². The molecule has 0 aliphatic heterocycles. The monoisotopic (exact) mass is 328 g/mol. The van der Waals surface area contributed by atoms with E-state index in [-0.39, 0.29) is 0 Å². The van der Waals surface area contributed by atoms with Gasteiger partial charge in [0.25, 0.3) is 0 Å². The summed E-state index contributed by atoms with van der Waals surface area (Å²) in [4.78, 5) is 0. The highest BCUT2D eigenvalue weighted by Gasteiger charge is 2.10. The number of rotatable bonds is 5. The van der Waals surface area contributed by atoms with Gasteiger partial charge < -0.3 is 0 Å². The minimum Gasteiger partial charge on any atom is -0.0613 e. The van der Waals surface area contributed by atoms with Crippen molar-refractivity contribution < 1.29 is 0 Å². The molecule has 3 aromatic rings. The molecular formula is C25H28. The first kappa shape index (κ1) is 17.5. The molecular weight excluding hydrogens is 300 g/mol. The highest BCUT2D eigenvalue weighted by atomic mass is 14.1. The minimum absolute atomic E-state index is 1.05. The van der Waals surface area contributed by atoms with Crippen LogP contribution in [-0.2, 0) is 19.3 Å². The van der Waals surface area contributed by atoms with Gasteiger partial charge in [-0.1, -0.05) is 81.4 Å². The van der Waals surface area contributed by atoms with Gasteiger partial charge in [0.1, 0.15) is 0 Å². The van der Waals surface area contributed by atoms with Crippen LogP contribution < -0.4 is 0 Å². The van der Waals surface area contributed by atoms with Crippen molar-refractivity contribution in [1.82, 2.24) is 0 Å². The van der Waals surface area contributed by atoms with Gasteiger partial charge in [0, 0.05) is 0 Å². The van der Waals surface area contributed by atoms with Gasteiger partial charge in [0.2, 0.25) is 0 Å². The zero-order chi connectivity index (χ0) is 17.8. The Labute approximate surface area is 152 Å². The fourth-order valence-electron chi connectivity index (χ4n) is 3.47. The highest BCUT2D eigenvalue weighted by molar-refractivity contribution is 5.76. The fraction of sp³-hybridized carbons (Fsp3) is 0.280. The molecule has 128 valence electrons. The number of hydrogen-bond acceptors (Lipinski definition) is 0. The lowest BCUT2D eigenvalue weighted by molar-refractivity contribution is 1.13. The average Bonchev–Trinajstić information content (AvgIpc) is 2.68. The van der Waals surface area contributed by atoms with Crippen LogP contribution in [0.2, 0.25) is 0 Å². The Hall–Kier alpha value is -2.34. The van der Waals surface area contributed by atoms with E-state index in [1.807, 2.05) is 0 Å². The van der Waals surface area contributed by atoms with Crippen molar-refractivity contribution in [2.75, 3.05) is 0 Å². The van der Waals surface area contributed by atoms with E-state index in [1.54, 1.807) is 0 Å². The molecule has 0 N–H and O–H groups in total. The lowest BCUT2D eigenvalue weighted by Crippen LogP contribution is -1.94. The Morgan fingerprint density at radius 2 is 1.04 bits per heavy atom. The number of aryl methyl sites for hydroxylation is 4. The predicted octanol–water partition coefficient (Wildman–Crippen LogP) is 7.02. The third-order valence-corrected chi connectivity index (χ3v) is 5.18. The molecule has 3 aromatic carbocycles. The molecule has 0 amide bonds. The van der Waals surface area contributed by atoms with E-state index in [1.165, 1.54) is 44.5 Å². The zero-order valence-corrected chi connectivity index (χ0v) is 15.9. The molecule has 0 radical (unpaired) electrons. The standard InChI is InChI=1S/C25H28/c1-5-19-8-12-22(13-9-19)24-17-21(7-3)25(16-18(24)4)23-14-10-20(6-2)11-15-23/h8-17H,5-7H2,1-4H3. The SMILES string of the molecule is CCc1ccc(-c2cc(CC)c(-c3ccc(CC)cc3)cc2C)cc1. The molecule has 0 saturated heterocycles. The summed E-state index contributed by atoms with van der Waals surface area (Å²) in [7, 11) is 0. The Balaban J connectivity index is 2.05. The van der Waals surface area contributed by atoms with Gasteiger partial charge in [-0.15, -0.1) is 0 Å². The Morgan fingerprint density at radius 3 is 1.48 bits per heavy atom. The number of hydrogen-bond donors (Lipinski definition) is 0. The topological polar surface area (TPSA) is 0 Å². The zero-order valence-electron chi connectivity index (χ0n) is 15.9. The fourth-order valence-corrected chi connectivity index (χ4v) is 3.47. The predicted molar refractivity (Wildman–Crippen MR) is 110 cm³/mol. The van der Waals surface area contributed by atoms with Gasteiger partial charge in [-0.3, -0.25) is 0 Å². The van der Waals surface area contributed by atoms with Gasteiger partial charge >= 0.3 is 0 Å². The largest absolute Gasteiger partial charge is 0.0613 e. The molecule has 0 heteroatoms. The smallest absolute Gasteiger partial charge is 0.0149 e. The van der Waals surface area contributed by atoms with Gasteiger partial charge in [0.05, 0.1) is 0 Å². The summed E-state index contributed by atoms with van der Waals surface area (Å²) < 4.78 is 0. The maximum Gasteiger partial charge on any atom is -0.0149 e. The van der Waals surface area contributed by atoms with E-state index in [9.17, 15) is 0 Å². The van der Waals surface area contributed by atoms with Crippen LogP contribution in [0.3, 0.4) is 0 Å². The molecule has 0 heterocycles. The van der Waals surface area contributed by atoms with E-state index in [0.29, 0.717) is 0 Å². The van der Waals surface area contributed by atoms with Crippen molar-refractivity contribution in [1.29, 1.82) is 0 Å². The summed E-state index contributed by atoms with van der Waals surface area (Å²) in [6, 6.07) is 22.8. The second kappa shape index (κ2) is 7.70. The van der Waals surface area contributed by atoms with Crippen molar-refractivity contribution in [3.8, 4) is 22.3 Å². The van der Waals surface area contributed by atoms with E-state index < -0.39 is 0 Å². The van der Waals surface area contributed by atoms with Crippen molar-refractivity contribution in [2.24, 2.45) is 0 Å². The quantitative estimate of drug-likeness (QED) is 0.472. The molecule has 0 spiro atoms. The molecule has 0 saturated carbocycles. The highest BCUT2D eigenvalue weighted by Crippen LogP contribution is 2.33. The first-order chi connectivity index (χ1) is 12.2. The van der Waals surface area contributed by atoms with Crippen LogP contribution in [-0.4, -0.2) is 0 Å². The summed E-state index contributed by atoms with van der Waals surface area (Å²) in [6.07, 6.45) is 3.23. The summed E-state index contributed by atoms with van der Waals surface area (Å²) in [5.41, 5.74) is 10.9. The van der Waals surface area contributed by atoms with Gasteiger partial charge in [0.15, 0.2) is 0 Å². The van der Waals surface area contributed by atoms with Crippen molar-refractivity contribution in [3.05, 3.63) is 82.9 Å². The van der Waals surface area contributed by atoms with Gasteiger partial charge in [-0.05, 0) is 70.7 Å². The third-order valence-electron chi connectivity index (χ3n) is 5.18. The summed E-state index contributed by atoms with van der Waals surface area (Å²) in [6.45, 7) is 8.88. The lowest BCUT2D eigenvalue weighted by Gasteiger charge is -2.15. The molecule has 3 rings (SSSR count). The van der Waals surface area contributed by atoms with Crippen molar-refractivity contribution >= 4 is 0 Å². The second-order valence-corrected chi connectivity index (χ2v) is 6.78. The molecule has 0 aliphatic rings. The third kappa shape index (κ3) is 3.69. The maximum absolute atomic E-state index is 2.39. The molecule has 25 heavy (non-hydrogen) atoms. The van der Waals surface area contributed by atoms with Crippen molar-refractivity contribution in [3.63, 3.8) is 0 Å². The maximum atomic E-state index is 2.39. The first-order valence-electron chi connectivity index (χ1n) is 9.48. The summed E-state index contributed by atoms with van der Waals surface area (Å²) in [5.74, 6) is 0. The average molecular weight is 328 g/mol. The van der Waals surface area contributed by atoms with E-state index >= 15 is 0 Å². The second-order valence-electron chi connectivity index (χ2n) is 6.78. The molecule has 0 aromatic heterocycles. The van der Waals surface area contributed by atoms with Crippen LogP contribution >= 0.6 is 0 Å². The van der Waals surface area contributed by atoms with E-state index in [2.05, 4.69) is 88.4 Å². The lowest BCUT2D eigenvalue weighted by atomic mass is 9.89. The summed E-state index contributed by atoms with van der Waals surface area (Å²) in [5, 5.41) is 0. The summed E-state index contributed by atoms with van der Waals surface area (Å²) >= 11 is 0. The normalized spacial score (nSPS) is 10.9. The molecule has 0 bridgehead atoms. The van der Waals surface area contributed by atoms with Gasteiger partial charge in [-0.25, -0.2) is 0 Å². The Morgan fingerprint density at radius 1 is 0.560 bits per heavy atom. The Kier molecular flexibility index (Phi) is 5.38. The molecule has 0 fully saturated rings. The number of benzene rings is 3. The van der Waals surface area contributed by atoms with E-state index in [0.717, 1.165) is 19.3 Å². The van der Waals surface area contributed by atoms with Crippen LogP contribution in [0.25, 0.3) is 22.3 Å². The van der Waals surface area contributed by atoms with Crippen LogP contribution in [0.15, 0.2) is 60.7 Å². The van der Waals surface area contributed by atoms with Gasteiger partial charge in [-0.2, -0.15) is 0 Å². The van der Waals surface area contributed by atoms with Crippen LogP contribution in [0.1, 0.15) is 43.0 Å². The molecule has 0 nitrogen and oxygen atoms in total. The molecule has 0 unspecified atom stereocenters. The van der Waals surface area contributed by atoms with E-state index in [4.69, 9.17) is 0 Å². The molecule has 0 atom stereocenters. The van der Waals surface area contributed by atoms with Crippen LogP contribution in [0.4, 0.5) is 0 Å². The minimum atomic E-state index is 1.05. The molecule has 0 aliphatic carbocycles.